The lowest BCUT2D eigenvalue weighted by Crippen LogP contribution is -3.08. The number of hydrogen-bond donors (Lipinski definition) is 3. The molecule has 3 aromatic rings. The number of anilines is 2. The molecule has 0 bridgehead atoms. The van der Waals surface area contributed by atoms with Gasteiger partial charge in [0.25, 0.3) is 0 Å². The highest BCUT2D eigenvalue weighted by molar-refractivity contribution is 7.99. The molecule has 1 aliphatic rings. The Morgan fingerprint density at radius 2 is 2.03 bits per heavy atom. The van der Waals surface area contributed by atoms with Crippen LogP contribution in [0.1, 0.15) is 27.7 Å². The van der Waals surface area contributed by atoms with Gasteiger partial charge in [0.05, 0.1) is 29.6 Å². The number of amides is 1. The lowest BCUT2D eigenvalue weighted by atomic mass is 10.1. The molecular formula is C20H22N5O2S2+. The highest BCUT2D eigenvalue weighted by atomic mass is 32.2. The highest BCUT2D eigenvalue weighted by Crippen LogP contribution is 2.35. The minimum absolute atomic E-state index is 0.00753. The zero-order valence-electron chi connectivity index (χ0n) is 16.2. The second-order valence-electron chi connectivity index (χ2n) is 7.18. The maximum absolute atomic E-state index is 12.3. The zero-order valence-corrected chi connectivity index (χ0v) is 17.9. The minimum Gasteiger partial charge on any atom is -0.383 e. The summed E-state index contributed by atoms with van der Waals surface area (Å²) in [5, 5.41) is 4.31. The van der Waals surface area contributed by atoms with E-state index in [1.54, 1.807) is 35.6 Å². The Morgan fingerprint density at radius 3 is 2.76 bits per heavy atom. The average molecular weight is 429 g/mol. The van der Waals surface area contributed by atoms with Crippen molar-refractivity contribution in [3.05, 3.63) is 40.3 Å². The summed E-state index contributed by atoms with van der Waals surface area (Å²) in [6.45, 7) is 3.58. The Hall–Kier alpha value is -2.49. The number of likely N-dealkylation sites (N-methyl/N-ethyl adjacent to an activating group) is 1. The van der Waals surface area contributed by atoms with Crippen LogP contribution in [-0.2, 0) is 17.8 Å². The molecule has 0 spiro atoms. The number of thiophene rings is 1. The molecule has 150 valence electrons. The number of nitrogens with two attached hydrogens (primary N) is 1. The first kappa shape index (κ1) is 19.8. The number of rotatable bonds is 5. The van der Waals surface area contributed by atoms with Crippen molar-refractivity contribution >= 4 is 56.5 Å². The maximum Gasteiger partial charge on any atom is 0.234 e. The molecule has 0 radical (unpaired) electrons. The number of nitrogen functional groups attached to an aromatic ring is 1. The van der Waals surface area contributed by atoms with Crippen LogP contribution in [0.3, 0.4) is 0 Å². The Balaban J connectivity index is 1.44. The summed E-state index contributed by atoms with van der Waals surface area (Å²) in [6, 6.07) is 6.82. The summed E-state index contributed by atoms with van der Waals surface area (Å²) in [5.41, 5.74) is 8.78. The van der Waals surface area contributed by atoms with E-state index in [0.717, 1.165) is 29.7 Å². The van der Waals surface area contributed by atoms with E-state index in [-0.39, 0.29) is 17.4 Å². The van der Waals surface area contributed by atoms with Crippen molar-refractivity contribution in [3.63, 3.8) is 0 Å². The maximum atomic E-state index is 12.3. The fraction of sp³-hybridized carbons (Fsp3) is 0.300. The molecule has 1 atom stereocenters. The SMILES string of the molecule is CC(=O)c1ccc(NC(=O)CSc2nc(N)c3c4c(sc3n2)C[NH+](C)CC4)cc1. The molecule has 1 aliphatic heterocycles. The number of aromatic nitrogens is 2. The van der Waals surface area contributed by atoms with Crippen molar-refractivity contribution < 1.29 is 14.5 Å². The topological polar surface area (TPSA) is 102 Å². The second-order valence-corrected chi connectivity index (χ2v) is 9.21. The molecule has 3 heterocycles. The standard InChI is InChI=1S/C20H21N5O2S2/c1-11(26)12-3-5-13(6-4-12)22-16(27)10-28-20-23-18(21)17-14-7-8-25(2)9-15(14)29-19(17)24-20/h3-6H,7-10H2,1-2H3,(H,22,27)(H2,21,23,24)/p+1. The van der Waals surface area contributed by atoms with Gasteiger partial charge >= 0.3 is 0 Å². The van der Waals surface area contributed by atoms with E-state index in [9.17, 15) is 9.59 Å². The number of nitrogens with zero attached hydrogens (tertiary/aromatic N) is 2. The molecule has 9 heteroatoms. The molecule has 4 N–H and O–H groups in total. The largest absolute Gasteiger partial charge is 0.383 e. The summed E-state index contributed by atoms with van der Waals surface area (Å²) in [4.78, 5) is 36.4. The van der Waals surface area contributed by atoms with E-state index in [1.165, 1.54) is 34.0 Å². The molecule has 1 aromatic carbocycles. The first-order valence-electron chi connectivity index (χ1n) is 9.33. The van der Waals surface area contributed by atoms with Gasteiger partial charge in [-0.3, -0.25) is 9.59 Å². The first-order valence-corrected chi connectivity index (χ1v) is 11.1. The molecule has 2 aromatic heterocycles. The van der Waals surface area contributed by atoms with Crippen molar-refractivity contribution in [3.8, 4) is 0 Å². The van der Waals surface area contributed by atoms with E-state index in [0.29, 0.717) is 22.2 Å². The third-order valence-corrected chi connectivity index (χ3v) is 6.89. The van der Waals surface area contributed by atoms with E-state index < -0.39 is 0 Å². The number of fused-ring (bicyclic) bond motifs is 3. The Morgan fingerprint density at radius 1 is 1.28 bits per heavy atom. The summed E-state index contributed by atoms with van der Waals surface area (Å²) >= 11 is 2.94. The monoisotopic (exact) mass is 428 g/mol. The quantitative estimate of drug-likeness (QED) is 0.325. The number of benzene rings is 1. The fourth-order valence-electron chi connectivity index (χ4n) is 3.40. The van der Waals surface area contributed by atoms with E-state index in [4.69, 9.17) is 5.73 Å². The van der Waals surface area contributed by atoms with Crippen molar-refractivity contribution in [2.75, 3.05) is 30.4 Å². The molecule has 1 amide bonds. The van der Waals surface area contributed by atoms with E-state index >= 15 is 0 Å². The number of thioether (sulfide) groups is 1. The van der Waals surface area contributed by atoms with E-state index in [2.05, 4.69) is 22.3 Å². The lowest BCUT2D eigenvalue weighted by molar-refractivity contribution is -0.895. The molecule has 0 saturated heterocycles. The number of Topliss-reactive ketones (excluding diaryl/α,β-unsaturated/α-hetero) is 1. The van der Waals surface area contributed by atoms with Gasteiger partial charge in [-0.25, -0.2) is 9.97 Å². The van der Waals surface area contributed by atoms with Crippen LogP contribution in [0.2, 0.25) is 0 Å². The van der Waals surface area contributed by atoms with Crippen LogP contribution in [0.15, 0.2) is 29.4 Å². The molecule has 0 fully saturated rings. The third-order valence-electron chi connectivity index (χ3n) is 4.91. The number of nitrogens with one attached hydrogen (secondary N) is 2. The molecule has 29 heavy (non-hydrogen) atoms. The number of carbonyl (C=O) groups is 2. The molecular weight excluding hydrogens is 406 g/mol. The Labute approximate surface area is 176 Å². The summed E-state index contributed by atoms with van der Waals surface area (Å²) in [7, 11) is 2.19. The predicted octanol–water partition coefficient (Wildman–Crippen LogP) is 1.78. The average Bonchev–Trinajstić information content (AvgIpc) is 3.04. The van der Waals surface area contributed by atoms with Crippen LogP contribution in [0.25, 0.3) is 10.2 Å². The van der Waals surface area contributed by atoms with Gasteiger partial charge in [-0.1, -0.05) is 11.8 Å². The van der Waals surface area contributed by atoms with Gasteiger partial charge in [0.1, 0.15) is 17.2 Å². The minimum atomic E-state index is -0.163. The highest BCUT2D eigenvalue weighted by Gasteiger charge is 2.24. The molecule has 1 unspecified atom stereocenters. The van der Waals surface area contributed by atoms with Gasteiger partial charge in [0.2, 0.25) is 5.91 Å². The first-order chi connectivity index (χ1) is 13.9. The van der Waals surface area contributed by atoms with Gasteiger partial charge in [-0.05, 0) is 36.8 Å². The van der Waals surface area contributed by atoms with Crippen LogP contribution in [0.5, 0.6) is 0 Å². The number of quaternary nitrogens is 1. The van der Waals surface area contributed by atoms with Gasteiger partial charge in [-0.2, -0.15) is 0 Å². The Bertz CT molecular complexity index is 1090. The van der Waals surface area contributed by atoms with Gasteiger partial charge in [-0.15, -0.1) is 11.3 Å². The van der Waals surface area contributed by atoms with Gasteiger partial charge < -0.3 is 16.0 Å². The Kier molecular flexibility index (Phi) is 5.53. The van der Waals surface area contributed by atoms with Crippen LogP contribution in [-0.4, -0.2) is 41.0 Å². The van der Waals surface area contributed by atoms with Crippen LogP contribution in [0, 0.1) is 0 Å². The fourth-order valence-corrected chi connectivity index (χ4v) is 5.45. The third kappa shape index (κ3) is 4.26. The lowest BCUT2D eigenvalue weighted by Gasteiger charge is -2.19. The predicted molar refractivity (Wildman–Crippen MR) is 117 cm³/mol. The normalized spacial score (nSPS) is 15.9. The number of carbonyl (C=O) groups excluding carboxylic acids is 2. The summed E-state index contributed by atoms with van der Waals surface area (Å²) in [5.74, 6) is 0.502. The van der Waals surface area contributed by atoms with Crippen LogP contribution < -0.4 is 16.0 Å². The number of ketones is 1. The van der Waals surface area contributed by atoms with Gasteiger partial charge in [0, 0.05) is 17.7 Å². The summed E-state index contributed by atoms with van der Waals surface area (Å²) < 4.78 is 0. The molecule has 7 nitrogen and oxygen atoms in total. The molecule has 0 aliphatic carbocycles. The van der Waals surface area contributed by atoms with Crippen molar-refractivity contribution in [2.24, 2.45) is 0 Å². The van der Waals surface area contributed by atoms with E-state index in [1.807, 2.05) is 0 Å². The van der Waals surface area contributed by atoms with Crippen molar-refractivity contribution in [2.45, 2.75) is 25.0 Å². The van der Waals surface area contributed by atoms with Gasteiger partial charge in [0.15, 0.2) is 10.9 Å². The van der Waals surface area contributed by atoms with Crippen LogP contribution in [0.4, 0.5) is 11.5 Å². The molecule has 0 saturated carbocycles. The zero-order chi connectivity index (χ0) is 20.5. The number of hydrogen-bond acceptors (Lipinski definition) is 7. The smallest absolute Gasteiger partial charge is 0.234 e. The van der Waals surface area contributed by atoms with Crippen LogP contribution >= 0.6 is 23.1 Å². The summed E-state index contributed by atoms with van der Waals surface area (Å²) in [6.07, 6.45) is 0.992. The van der Waals surface area contributed by atoms with Crippen molar-refractivity contribution in [1.82, 2.24) is 9.97 Å². The van der Waals surface area contributed by atoms with Crippen molar-refractivity contribution in [1.29, 1.82) is 0 Å². The second kappa shape index (κ2) is 8.10. The molecule has 4 rings (SSSR count).